The summed E-state index contributed by atoms with van der Waals surface area (Å²) >= 11 is 0. The third-order valence-corrected chi connectivity index (χ3v) is 3.86. The van der Waals surface area contributed by atoms with Gasteiger partial charge in [-0.1, -0.05) is 64.7 Å². The van der Waals surface area contributed by atoms with Crippen LogP contribution in [0.5, 0.6) is 0 Å². The Hall–Kier alpha value is -0.830. The van der Waals surface area contributed by atoms with Crippen LogP contribution in [0.2, 0.25) is 0 Å². The van der Waals surface area contributed by atoms with Gasteiger partial charge >= 0.3 is 0 Å². The van der Waals surface area contributed by atoms with Crippen LogP contribution in [-0.4, -0.2) is 16.1 Å². The normalized spacial score (nSPS) is 12.7. The molecular weight excluding hydrogens is 234 g/mol. The molecule has 1 aromatic rings. The van der Waals surface area contributed by atoms with E-state index in [-0.39, 0.29) is 0 Å². The summed E-state index contributed by atoms with van der Waals surface area (Å²) in [4.78, 5) is 4.09. The standard InChI is InChI=1S/C16H31N3/c1-2-3-4-5-6-7-8-9-10-11-16(14-17)19-13-12-18-15-19/h12-13,15-16H,2-11,14,17H2,1H3. The molecule has 0 amide bonds. The van der Waals surface area contributed by atoms with Gasteiger partial charge in [-0.3, -0.25) is 0 Å². The van der Waals surface area contributed by atoms with Gasteiger partial charge in [0.15, 0.2) is 0 Å². The number of aromatic nitrogens is 2. The summed E-state index contributed by atoms with van der Waals surface area (Å²) in [6, 6.07) is 0.437. The Bertz CT molecular complexity index is 282. The largest absolute Gasteiger partial charge is 0.333 e. The van der Waals surface area contributed by atoms with Crippen LogP contribution < -0.4 is 5.73 Å². The average Bonchev–Trinajstić information content (AvgIpc) is 2.95. The van der Waals surface area contributed by atoms with Crippen molar-refractivity contribution < 1.29 is 0 Å². The number of hydrogen-bond donors (Lipinski definition) is 1. The predicted octanol–water partition coefficient (Wildman–Crippen LogP) is 4.30. The van der Waals surface area contributed by atoms with Gasteiger partial charge in [-0.15, -0.1) is 0 Å². The third-order valence-electron chi connectivity index (χ3n) is 3.86. The van der Waals surface area contributed by atoms with E-state index < -0.39 is 0 Å². The van der Waals surface area contributed by atoms with E-state index in [1.54, 1.807) is 0 Å². The lowest BCUT2D eigenvalue weighted by Gasteiger charge is -2.15. The molecule has 0 aliphatic carbocycles. The molecule has 0 aliphatic rings. The van der Waals surface area contributed by atoms with Crippen molar-refractivity contribution in [2.75, 3.05) is 6.54 Å². The van der Waals surface area contributed by atoms with Crippen molar-refractivity contribution in [2.24, 2.45) is 5.73 Å². The Morgan fingerprint density at radius 1 is 1.00 bits per heavy atom. The van der Waals surface area contributed by atoms with Crippen LogP contribution in [0.1, 0.15) is 77.2 Å². The number of rotatable bonds is 12. The summed E-state index contributed by atoms with van der Waals surface area (Å²) < 4.78 is 2.14. The lowest BCUT2D eigenvalue weighted by Crippen LogP contribution is -2.18. The second kappa shape index (κ2) is 11.0. The summed E-state index contributed by atoms with van der Waals surface area (Å²) in [6.07, 6.45) is 19.3. The minimum absolute atomic E-state index is 0.437. The fraction of sp³-hybridized carbons (Fsp3) is 0.812. The molecule has 1 atom stereocenters. The van der Waals surface area contributed by atoms with E-state index in [9.17, 15) is 0 Å². The highest BCUT2D eigenvalue weighted by Crippen LogP contribution is 2.16. The van der Waals surface area contributed by atoms with Gasteiger partial charge in [0.1, 0.15) is 0 Å². The third kappa shape index (κ3) is 7.36. The fourth-order valence-electron chi connectivity index (χ4n) is 2.56. The molecule has 0 fully saturated rings. The van der Waals surface area contributed by atoms with E-state index in [2.05, 4.69) is 16.5 Å². The zero-order chi connectivity index (χ0) is 13.8. The summed E-state index contributed by atoms with van der Waals surface area (Å²) in [7, 11) is 0. The number of nitrogens with zero attached hydrogens (tertiary/aromatic N) is 2. The van der Waals surface area contributed by atoms with E-state index in [0.717, 1.165) is 0 Å². The van der Waals surface area contributed by atoms with Gasteiger partial charge in [0.2, 0.25) is 0 Å². The zero-order valence-corrected chi connectivity index (χ0v) is 12.6. The first-order valence-electron chi connectivity index (χ1n) is 8.06. The molecule has 1 aromatic heterocycles. The maximum Gasteiger partial charge on any atom is 0.0948 e. The van der Waals surface area contributed by atoms with Gasteiger partial charge in [0.25, 0.3) is 0 Å². The first-order chi connectivity index (χ1) is 9.38. The molecule has 19 heavy (non-hydrogen) atoms. The van der Waals surface area contributed by atoms with Crippen molar-refractivity contribution in [3.05, 3.63) is 18.7 Å². The van der Waals surface area contributed by atoms with Gasteiger partial charge in [0, 0.05) is 25.0 Å². The molecule has 1 unspecified atom stereocenters. The van der Waals surface area contributed by atoms with Crippen LogP contribution in [0.25, 0.3) is 0 Å². The van der Waals surface area contributed by atoms with Crippen LogP contribution in [0.3, 0.4) is 0 Å². The quantitative estimate of drug-likeness (QED) is 0.572. The number of nitrogens with two attached hydrogens (primary N) is 1. The Morgan fingerprint density at radius 2 is 1.63 bits per heavy atom. The molecule has 0 aliphatic heterocycles. The Labute approximate surface area is 118 Å². The summed E-state index contributed by atoms with van der Waals surface area (Å²) in [5, 5.41) is 0. The summed E-state index contributed by atoms with van der Waals surface area (Å²) in [6.45, 7) is 2.99. The number of hydrogen-bond acceptors (Lipinski definition) is 2. The molecule has 0 bridgehead atoms. The molecule has 0 aromatic carbocycles. The highest BCUT2D eigenvalue weighted by molar-refractivity contribution is 4.80. The molecule has 1 heterocycles. The Kier molecular flexibility index (Phi) is 9.42. The highest BCUT2D eigenvalue weighted by atomic mass is 15.1. The SMILES string of the molecule is CCCCCCCCCCCC(CN)n1ccnc1. The van der Waals surface area contributed by atoms with Crippen molar-refractivity contribution in [3.8, 4) is 0 Å². The van der Waals surface area contributed by atoms with Crippen molar-refractivity contribution in [2.45, 2.75) is 77.2 Å². The van der Waals surface area contributed by atoms with Gasteiger partial charge < -0.3 is 10.3 Å². The molecule has 0 spiro atoms. The van der Waals surface area contributed by atoms with Gasteiger partial charge in [0.05, 0.1) is 6.33 Å². The first kappa shape index (κ1) is 16.2. The Balaban J connectivity index is 1.95. The van der Waals surface area contributed by atoms with Crippen LogP contribution in [0.15, 0.2) is 18.7 Å². The number of imidazole rings is 1. The second-order valence-electron chi connectivity index (χ2n) is 5.52. The lowest BCUT2D eigenvalue weighted by atomic mass is 10.0. The molecule has 0 radical (unpaired) electrons. The fourth-order valence-corrected chi connectivity index (χ4v) is 2.56. The molecule has 2 N–H and O–H groups in total. The zero-order valence-electron chi connectivity index (χ0n) is 12.6. The maximum atomic E-state index is 5.82. The molecule has 3 heteroatoms. The topological polar surface area (TPSA) is 43.8 Å². The lowest BCUT2D eigenvalue weighted by molar-refractivity contribution is 0.443. The van der Waals surface area contributed by atoms with E-state index >= 15 is 0 Å². The molecule has 0 saturated carbocycles. The maximum absolute atomic E-state index is 5.82. The number of unbranched alkanes of at least 4 members (excludes halogenated alkanes) is 8. The molecule has 1 rings (SSSR count). The molecule has 110 valence electrons. The minimum atomic E-state index is 0.437. The van der Waals surface area contributed by atoms with Crippen LogP contribution in [0, 0.1) is 0 Å². The van der Waals surface area contributed by atoms with Gasteiger partial charge in [-0.05, 0) is 6.42 Å². The van der Waals surface area contributed by atoms with Crippen LogP contribution in [-0.2, 0) is 0 Å². The summed E-state index contributed by atoms with van der Waals surface area (Å²) in [5.74, 6) is 0. The smallest absolute Gasteiger partial charge is 0.0948 e. The molecule has 0 saturated heterocycles. The molecule has 3 nitrogen and oxygen atoms in total. The van der Waals surface area contributed by atoms with E-state index in [1.165, 1.54) is 64.2 Å². The monoisotopic (exact) mass is 265 g/mol. The average molecular weight is 265 g/mol. The van der Waals surface area contributed by atoms with Crippen molar-refractivity contribution in [1.82, 2.24) is 9.55 Å². The predicted molar refractivity (Wildman–Crippen MR) is 82.2 cm³/mol. The van der Waals surface area contributed by atoms with E-state index in [4.69, 9.17) is 5.73 Å². The van der Waals surface area contributed by atoms with E-state index in [1.807, 2.05) is 18.7 Å². The van der Waals surface area contributed by atoms with Gasteiger partial charge in [-0.25, -0.2) is 4.98 Å². The van der Waals surface area contributed by atoms with Crippen LogP contribution in [0.4, 0.5) is 0 Å². The Morgan fingerprint density at radius 3 is 2.16 bits per heavy atom. The first-order valence-corrected chi connectivity index (χ1v) is 8.06. The second-order valence-corrected chi connectivity index (χ2v) is 5.52. The highest BCUT2D eigenvalue weighted by Gasteiger charge is 2.07. The van der Waals surface area contributed by atoms with Gasteiger partial charge in [-0.2, -0.15) is 0 Å². The summed E-state index contributed by atoms with van der Waals surface area (Å²) in [5.41, 5.74) is 5.82. The minimum Gasteiger partial charge on any atom is -0.333 e. The van der Waals surface area contributed by atoms with Crippen molar-refractivity contribution in [1.29, 1.82) is 0 Å². The van der Waals surface area contributed by atoms with E-state index in [0.29, 0.717) is 12.6 Å². The van der Waals surface area contributed by atoms with Crippen molar-refractivity contribution in [3.63, 3.8) is 0 Å². The van der Waals surface area contributed by atoms with Crippen molar-refractivity contribution >= 4 is 0 Å². The molecular formula is C16H31N3. The van der Waals surface area contributed by atoms with Crippen LogP contribution >= 0.6 is 0 Å².